The minimum Gasteiger partial charge on any atom is -0.493 e. The van der Waals surface area contributed by atoms with Gasteiger partial charge in [-0.1, -0.05) is 6.07 Å². The summed E-state index contributed by atoms with van der Waals surface area (Å²) in [4.78, 5) is 6.93. The van der Waals surface area contributed by atoms with E-state index in [1.165, 1.54) is 0 Å². The van der Waals surface area contributed by atoms with Crippen LogP contribution < -0.4 is 24.8 Å². The summed E-state index contributed by atoms with van der Waals surface area (Å²) in [7, 11) is 8.71. The van der Waals surface area contributed by atoms with Gasteiger partial charge in [0.2, 0.25) is 5.75 Å². The van der Waals surface area contributed by atoms with Gasteiger partial charge in [-0.25, -0.2) is 0 Å². The number of nitrogens with one attached hydrogen (secondary N) is 2. The monoisotopic (exact) mass is 410 g/mol. The van der Waals surface area contributed by atoms with Crippen LogP contribution in [0.5, 0.6) is 17.2 Å². The second kappa shape index (κ2) is 14.8. The second-order valence-electron chi connectivity index (χ2n) is 6.58. The van der Waals surface area contributed by atoms with Crippen molar-refractivity contribution in [1.82, 2.24) is 15.5 Å². The molecule has 0 bridgehead atoms. The van der Waals surface area contributed by atoms with Gasteiger partial charge >= 0.3 is 0 Å². The Kier molecular flexibility index (Phi) is 12.6. The minimum absolute atomic E-state index is 0.615. The number of rotatable bonds is 14. The first-order valence-electron chi connectivity index (χ1n) is 10.1. The normalized spacial score (nSPS) is 11.5. The molecule has 0 saturated carbocycles. The van der Waals surface area contributed by atoms with Crippen LogP contribution in [-0.2, 0) is 11.2 Å². The standard InChI is InChI=1S/C21H38N4O4/c1-7-22-21(24-13-15-25(2)14-8-16-26-3)23-12-11-17-9-10-18(27-4)20(29-6)19(17)28-5/h9-10H,7-8,11-16H2,1-6H3,(H2,22,23,24). The first kappa shape index (κ1) is 24.8. The van der Waals surface area contributed by atoms with E-state index in [-0.39, 0.29) is 0 Å². The molecule has 0 aliphatic heterocycles. The number of hydrogen-bond acceptors (Lipinski definition) is 6. The Morgan fingerprint density at radius 2 is 1.76 bits per heavy atom. The maximum absolute atomic E-state index is 5.55. The first-order chi connectivity index (χ1) is 14.1. The van der Waals surface area contributed by atoms with Crippen LogP contribution in [0.1, 0.15) is 18.9 Å². The molecule has 1 aromatic rings. The third-order valence-corrected chi connectivity index (χ3v) is 4.46. The predicted octanol–water partition coefficient (Wildman–Crippen LogP) is 1.78. The van der Waals surface area contributed by atoms with Crippen molar-refractivity contribution >= 4 is 5.96 Å². The molecule has 8 nitrogen and oxygen atoms in total. The average Bonchev–Trinajstić information content (AvgIpc) is 2.73. The summed E-state index contributed by atoms with van der Waals surface area (Å²) in [5.74, 6) is 2.79. The molecule has 0 fully saturated rings. The molecule has 0 atom stereocenters. The zero-order chi connectivity index (χ0) is 21.5. The summed E-state index contributed by atoms with van der Waals surface area (Å²) in [5, 5.41) is 6.67. The van der Waals surface area contributed by atoms with Crippen molar-refractivity contribution in [1.29, 1.82) is 0 Å². The third-order valence-electron chi connectivity index (χ3n) is 4.46. The molecule has 0 spiro atoms. The van der Waals surface area contributed by atoms with Crippen LogP contribution in [0.3, 0.4) is 0 Å². The van der Waals surface area contributed by atoms with E-state index in [9.17, 15) is 0 Å². The zero-order valence-electron chi connectivity index (χ0n) is 18.8. The lowest BCUT2D eigenvalue weighted by atomic mass is 10.1. The molecule has 2 N–H and O–H groups in total. The Morgan fingerprint density at radius 1 is 1.00 bits per heavy atom. The van der Waals surface area contributed by atoms with Crippen LogP contribution >= 0.6 is 0 Å². The van der Waals surface area contributed by atoms with Crippen LogP contribution in [0.4, 0.5) is 0 Å². The van der Waals surface area contributed by atoms with Gasteiger partial charge in [0, 0.05) is 45.5 Å². The highest BCUT2D eigenvalue weighted by Crippen LogP contribution is 2.39. The van der Waals surface area contributed by atoms with Crippen LogP contribution in [-0.4, -0.2) is 85.7 Å². The van der Waals surface area contributed by atoms with E-state index in [4.69, 9.17) is 18.9 Å². The number of guanidine groups is 1. The number of hydrogen-bond donors (Lipinski definition) is 2. The molecule has 0 aromatic heterocycles. The van der Waals surface area contributed by atoms with Gasteiger partial charge in [0.15, 0.2) is 17.5 Å². The maximum Gasteiger partial charge on any atom is 0.203 e. The number of nitrogens with zero attached hydrogens (tertiary/aromatic N) is 2. The van der Waals surface area contributed by atoms with Gasteiger partial charge in [0.05, 0.1) is 27.9 Å². The molecule has 29 heavy (non-hydrogen) atoms. The molecule has 0 heterocycles. The highest BCUT2D eigenvalue weighted by atomic mass is 16.5. The van der Waals surface area contributed by atoms with E-state index in [0.29, 0.717) is 17.2 Å². The van der Waals surface area contributed by atoms with E-state index in [2.05, 4.69) is 34.5 Å². The van der Waals surface area contributed by atoms with Crippen molar-refractivity contribution in [2.24, 2.45) is 4.99 Å². The fraction of sp³-hybridized carbons (Fsp3) is 0.667. The molecule has 166 valence electrons. The molecule has 0 radical (unpaired) electrons. The lowest BCUT2D eigenvalue weighted by Gasteiger charge is -2.17. The van der Waals surface area contributed by atoms with Crippen LogP contribution in [0, 0.1) is 0 Å². The molecular weight excluding hydrogens is 372 g/mol. The van der Waals surface area contributed by atoms with Crippen molar-refractivity contribution in [3.8, 4) is 17.2 Å². The minimum atomic E-state index is 0.615. The number of likely N-dealkylation sites (N-methyl/N-ethyl adjacent to an activating group) is 1. The smallest absolute Gasteiger partial charge is 0.203 e. The Bertz CT molecular complexity index is 611. The summed E-state index contributed by atoms with van der Waals surface area (Å²) in [6.07, 6.45) is 1.80. The number of benzene rings is 1. The summed E-state index contributed by atoms with van der Waals surface area (Å²) in [6, 6.07) is 3.90. The molecule has 0 unspecified atom stereocenters. The molecule has 0 amide bonds. The summed E-state index contributed by atoms with van der Waals surface area (Å²) >= 11 is 0. The van der Waals surface area contributed by atoms with Crippen molar-refractivity contribution in [2.75, 3.05) is 74.8 Å². The van der Waals surface area contributed by atoms with Crippen LogP contribution in [0.15, 0.2) is 17.1 Å². The van der Waals surface area contributed by atoms with Gasteiger partial charge in [-0.3, -0.25) is 4.99 Å². The molecule has 0 aliphatic carbocycles. The van der Waals surface area contributed by atoms with Crippen molar-refractivity contribution in [3.05, 3.63) is 17.7 Å². The van der Waals surface area contributed by atoms with Gasteiger partial charge in [0.25, 0.3) is 0 Å². The molecule has 1 aromatic carbocycles. The number of aliphatic imine (C=N–C) groups is 1. The van der Waals surface area contributed by atoms with E-state index in [1.807, 2.05) is 12.1 Å². The number of ether oxygens (including phenoxy) is 4. The fourth-order valence-electron chi connectivity index (χ4n) is 2.94. The third kappa shape index (κ3) is 8.79. The Morgan fingerprint density at radius 3 is 2.38 bits per heavy atom. The lowest BCUT2D eigenvalue weighted by Crippen LogP contribution is -2.39. The fourth-order valence-corrected chi connectivity index (χ4v) is 2.94. The molecule has 0 aliphatic rings. The summed E-state index contributed by atoms with van der Waals surface area (Å²) in [6.45, 7) is 7.04. The van der Waals surface area contributed by atoms with Gasteiger partial charge in [-0.05, 0) is 32.9 Å². The Hall–Kier alpha value is -2.19. The van der Waals surface area contributed by atoms with Gasteiger partial charge in [-0.15, -0.1) is 0 Å². The zero-order valence-corrected chi connectivity index (χ0v) is 18.8. The van der Waals surface area contributed by atoms with E-state index < -0.39 is 0 Å². The molecule has 0 saturated heterocycles. The largest absolute Gasteiger partial charge is 0.493 e. The first-order valence-corrected chi connectivity index (χ1v) is 10.1. The van der Waals surface area contributed by atoms with E-state index >= 15 is 0 Å². The van der Waals surface area contributed by atoms with Gasteiger partial charge in [0.1, 0.15) is 0 Å². The van der Waals surface area contributed by atoms with E-state index in [0.717, 1.165) is 63.7 Å². The van der Waals surface area contributed by atoms with Crippen molar-refractivity contribution < 1.29 is 18.9 Å². The molecular formula is C21H38N4O4. The second-order valence-corrected chi connectivity index (χ2v) is 6.58. The summed E-state index contributed by atoms with van der Waals surface area (Å²) in [5.41, 5.74) is 1.05. The van der Waals surface area contributed by atoms with Crippen molar-refractivity contribution in [2.45, 2.75) is 19.8 Å². The lowest BCUT2D eigenvalue weighted by molar-refractivity contribution is 0.180. The highest BCUT2D eigenvalue weighted by molar-refractivity contribution is 5.79. The van der Waals surface area contributed by atoms with Gasteiger partial charge < -0.3 is 34.5 Å². The maximum atomic E-state index is 5.55. The highest BCUT2D eigenvalue weighted by Gasteiger charge is 2.15. The Labute approximate surface area is 175 Å². The van der Waals surface area contributed by atoms with Gasteiger partial charge in [-0.2, -0.15) is 0 Å². The molecule has 1 rings (SSSR count). The quantitative estimate of drug-likeness (QED) is 0.275. The SMILES string of the molecule is CCNC(=NCCN(C)CCCOC)NCCc1ccc(OC)c(OC)c1OC. The van der Waals surface area contributed by atoms with Crippen LogP contribution in [0.2, 0.25) is 0 Å². The average molecular weight is 411 g/mol. The summed E-state index contributed by atoms with van der Waals surface area (Å²) < 4.78 is 21.4. The van der Waals surface area contributed by atoms with E-state index in [1.54, 1.807) is 28.4 Å². The van der Waals surface area contributed by atoms with Crippen molar-refractivity contribution in [3.63, 3.8) is 0 Å². The molecule has 8 heteroatoms. The topological polar surface area (TPSA) is 76.6 Å². The Balaban J connectivity index is 2.60. The predicted molar refractivity (Wildman–Crippen MR) is 118 cm³/mol. The van der Waals surface area contributed by atoms with Crippen LogP contribution in [0.25, 0.3) is 0 Å². The number of methoxy groups -OCH3 is 4.